The first kappa shape index (κ1) is 13.7. The van der Waals surface area contributed by atoms with Gasteiger partial charge in [0.15, 0.2) is 0 Å². The number of hydrogen-bond donors (Lipinski definition) is 2. The van der Waals surface area contributed by atoms with Crippen molar-refractivity contribution in [3.63, 3.8) is 0 Å². The molecule has 1 aromatic carbocycles. The van der Waals surface area contributed by atoms with Crippen LogP contribution in [0.1, 0.15) is 5.76 Å². The predicted molar refractivity (Wildman–Crippen MR) is 75.9 cm³/mol. The Hall–Kier alpha value is -2.76. The molecule has 0 bridgehead atoms. The molecular weight excluding hydrogens is 258 g/mol. The van der Waals surface area contributed by atoms with Crippen LogP contribution in [-0.2, 0) is 4.79 Å². The van der Waals surface area contributed by atoms with Crippen molar-refractivity contribution in [2.75, 3.05) is 19.0 Å². The molecule has 0 aliphatic rings. The number of methoxy groups -OCH3 is 1. The molecule has 2 rings (SSSR count). The van der Waals surface area contributed by atoms with Crippen LogP contribution < -0.4 is 15.5 Å². The van der Waals surface area contributed by atoms with Crippen LogP contribution in [0.3, 0.4) is 0 Å². The van der Waals surface area contributed by atoms with Gasteiger partial charge in [0.25, 0.3) is 5.91 Å². The highest BCUT2D eigenvalue weighted by Gasteiger charge is 1.99. The number of nitrogens with one attached hydrogen (secondary N) is 2. The second-order valence-corrected chi connectivity index (χ2v) is 3.89. The van der Waals surface area contributed by atoms with Gasteiger partial charge in [-0.15, -0.1) is 0 Å². The Kier molecular flexibility index (Phi) is 4.77. The summed E-state index contributed by atoms with van der Waals surface area (Å²) >= 11 is 0. The van der Waals surface area contributed by atoms with Crippen LogP contribution in [0.2, 0.25) is 0 Å². The fourth-order valence-electron chi connectivity index (χ4n) is 1.46. The zero-order chi connectivity index (χ0) is 14.2. The minimum atomic E-state index is -0.247. The van der Waals surface area contributed by atoms with Crippen LogP contribution in [-0.4, -0.2) is 25.8 Å². The Balaban J connectivity index is 1.74. The lowest BCUT2D eigenvalue weighted by atomic mass is 10.3. The van der Waals surface area contributed by atoms with Gasteiger partial charge in [0.2, 0.25) is 0 Å². The summed E-state index contributed by atoms with van der Waals surface area (Å²) in [5.41, 5.74) is 3.23. The lowest BCUT2D eigenvalue weighted by Gasteiger charge is -2.06. The molecule has 0 unspecified atom stereocenters. The molecule has 1 aromatic heterocycles. The van der Waals surface area contributed by atoms with E-state index in [2.05, 4.69) is 15.8 Å². The Labute approximate surface area is 116 Å². The largest absolute Gasteiger partial charge is 0.497 e. The Morgan fingerprint density at radius 2 is 2.15 bits per heavy atom. The molecule has 6 heteroatoms. The van der Waals surface area contributed by atoms with E-state index in [1.165, 1.54) is 12.5 Å². The summed E-state index contributed by atoms with van der Waals surface area (Å²) in [4.78, 5) is 11.5. The molecule has 0 saturated heterocycles. The molecule has 6 nitrogen and oxygen atoms in total. The first-order valence-corrected chi connectivity index (χ1v) is 6.01. The van der Waals surface area contributed by atoms with Crippen LogP contribution in [0.4, 0.5) is 5.69 Å². The average molecular weight is 273 g/mol. The number of benzene rings is 1. The van der Waals surface area contributed by atoms with Gasteiger partial charge in [0.05, 0.1) is 26.1 Å². The van der Waals surface area contributed by atoms with Gasteiger partial charge < -0.3 is 14.5 Å². The van der Waals surface area contributed by atoms with E-state index in [1.54, 1.807) is 19.2 Å². The SMILES string of the molecule is COc1ccc(NCC(=O)N/N=C\c2ccco2)cc1. The molecule has 0 atom stereocenters. The highest BCUT2D eigenvalue weighted by molar-refractivity contribution is 5.83. The van der Waals surface area contributed by atoms with Gasteiger partial charge in [-0.1, -0.05) is 0 Å². The molecule has 1 amide bonds. The van der Waals surface area contributed by atoms with E-state index in [-0.39, 0.29) is 12.5 Å². The maximum Gasteiger partial charge on any atom is 0.259 e. The quantitative estimate of drug-likeness (QED) is 0.622. The number of carbonyl (C=O) groups excluding carboxylic acids is 1. The zero-order valence-electron chi connectivity index (χ0n) is 11.0. The van der Waals surface area contributed by atoms with Gasteiger partial charge in [-0.2, -0.15) is 5.10 Å². The van der Waals surface area contributed by atoms with Crippen molar-refractivity contribution in [1.29, 1.82) is 0 Å². The lowest BCUT2D eigenvalue weighted by Crippen LogP contribution is -2.25. The minimum Gasteiger partial charge on any atom is -0.497 e. The molecule has 0 aliphatic carbocycles. The fraction of sp³-hybridized carbons (Fsp3) is 0.143. The predicted octanol–water partition coefficient (Wildman–Crippen LogP) is 1.85. The number of hydrogen-bond acceptors (Lipinski definition) is 5. The van der Waals surface area contributed by atoms with Crippen molar-refractivity contribution in [2.45, 2.75) is 0 Å². The summed E-state index contributed by atoms with van der Waals surface area (Å²) in [7, 11) is 1.60. The Morgan fingerprint density at radius 1 is 1.35 bits per heavy atom. The van der Waals surface area contributed by atoms with Gasteiger partial charge >= 0.3 is 0 Å². The zero-order valence-corrected chi connectivity index (χ0v) is 11.0. The number of hydrazone groups is 1. The molecule has 0 fully saturated rings. The van der Waals surface area contributed by atoms with Crippen molar-refractivity contribution >= 4 is 17.8 Å². The Morgan fingerprint density at radius 3 is 2.80 bits per heavy atom. The molecule has 0 aliphatic heterocycles. The van der Waals surface area contributed by atoms with Gasteiger partial charge in [-0.25, -0.2) is 5.43 Å². The number of nitrogens with zero attached hydrogens (tertiary/aromatic N) is 1. The third kappa shape index (κ3) is 4.16. The highest BCUT2D eigenvalue weighted by Crippen LogP contribution is 2.14. The Bertz CT molecular complexity index is 562. The standard InChI is InChI=1S/C14H15N3O3/c1-19-12-6-4-11(5-7-12)15-10-14(18)17-16-9-13-3-2-8-20-13/h2-9,15H,10H2,1H3,(H,17,18)/b16-9-. The topological polar surface area (TPSA) is 75.9 Å². The highest BCUT2D eigenvalue weighted by atomic mass is 16.5. The van der Waals surface area contributed by atoms with Gasteiger partial charge in [-0.3, -0.25) is 4.79 Å². The first-order valence-electron chi connectivity index (χ1n) is 6.01. The van der Waals surface area contributed by atoms with Gasteiger partial charge in [-0.05, 0) is 36.4 Å². The second-order valence-electron chi connectivity index (χ2n) is 3.89. The number of carbonyl (C=O) groups is 1. The maximum absolute atomic E-state index is 11.5. The van der Waals surface area contributed by atoms with Crippen molar-refractivity contribution in [3.05, 3.63) is 48.4 Å². The number of rotatable bonds is 6. The molecule has 0 saturated carbocycles. The van der Waals surface area contributed by atoms with E-state index in [9.17, 15) is 4.79 Å². The minimum absolute atomic E-state index is 0.127. The summed E-state index contributed by atoms with van der Waals surface area (Å²) < 4.78 is 10.1. The first-order chi connectivity index (χ1) is 9.78. The molecule has 104 valence electrons. The van der Waals surface area contributed by atoms with Crippen LogP contribution in [0, 0.1) is 0 Å². The average Bonchev–Trinajstić information content (AvgIpc) is 2.99. The molecule has 20 heavy (non-hydrogen) atoms. The number of amides is 1. The summed E-state index contributed by atoms with van der Waals surface area (Å²) in [5, 5.41) is 6.75. The van der Waals surface area contributed by atoms with Gasteiger partial charge in [0, 0.05) is 5.69 Å². The van der Waals surface area contributed by atoms with E-state index in [1.807, 2.05) is 24.3 Å². The third-order valence-electron chi connectivity index (χ3n) is 2.47. The molecular formula is C14H15N3O3. The normalized spacial score (nSPS) is 10.4. The van der Waals surface area contributed by atoms with Crippen molar-refractivity contribution in [1.82, 2.24) is 5.43 Å². The fourth-order valence-corrected chi connectivity index (χ4v) is 1.46. The van der Waals surface area contributed by atoms with E-state index in [0.29, 0.717) is 5.76 Å². The monoisotopic (exact) mass is 273 g/mol. The van der Waals surface area contributed by atoms with E-state index in [4.69, 9.17) is 9.15 Å². The molecule has 1 heterocycles. The number of ether oxygens (including phenoxy) is 1. The molecule has 0 spiro atoms. The van der Waals surface area contributed by atoms with Crippen LogP contribution in [0.25, 0.3) is 0 Å². The van der Waals surface area contributed by atoms with Crippen molar-refractivity contribution in [2.24, 2.45) is 5.10 Å². The van der Waals surface area contributed by atoms with Crippen LogP contribution >= 0.6 is 0 Å². The smallest absolute Gasteiger partial charge is 0.259 e. The summed E-state index contributed by atoms with van der Waals surface area (Å²) in [6.45, 7) is 0.127. The van der Waals surface area contributed by atoms with Crippen molar-refractivity contribution in [3.8, 4) is 5.75 Å². The number of furan rings is 1. The molecule has 2 aromatic rings. The van der Waals surface area contributed by atoms with Crippen LogP contribution in [0.5, 0.6) is 5.75 Å². The van der Waals surface area contributed by atoms with Crippen molar-refractivity contribution < 1.29 is 13.9 Å². The summed E-state index contributed by atoms with van der Waals surface area (Å²) in [6.07, 6.45) is 2.97. The third-order valence-corrected chi connectivity index (χ3v) is 2.47. The summed E-state index contributed by atoms with van der Waals surface area (Å²) in [6, 6.07) is 10.8. The van der Waals surface area contributed by atoms with Gasteiger partial charge in [0.1, 0.15) is 11.5 Å². The molecule has 2 N–H and O–H groups in total. The van der Waals surface area contributed by atoms with Crippen LogP contribution in [0.15, 0.2) is 52.2 Å². The maximum atomic E-state index is 11.5. The van der Waals surface area contributed by atoms with E-state index < -0.39 is 0 Å². The number of anilines is 1. The molecule has 0 radical (unpaired) electrons. The second kappa shape index (κ2) is 6.98. The van der Waals surface area contributed by atoms with E-state index >= 15 is 0 Å². The summed E-state index contributed by atoms with van der Waals surface area (Å²) in [5.74, 6) is 1.10. The van der Waals surface area contributed by atoms with E-state index in [0.717, 1.165) is 11.4 Å². The lowest BCUT2D eigenvalue weighted by molar-refractivity contribution is -0.119.